The Bertz CT molecular complexity index is 1100. The molecule has 0 aliphatic heterocycles. The van der Waals surface area contributed by atoms with Crippen molar-refractivity contribution in [3.05, 3.63) is 76.5 Å². The van der Waals surface area contributed by atoms with Crippen molar-refractivity contribution in [2.24, 2.45) is 0 Å². The quantitative estimate of drug-likeness (QED) is 0.339. The van der Waals surface area contributed by atoms with Crippen LogP contribution in [0.3, 0.4) is 0 Å². The number of alkyl halides is 3. The summed E-state index contributed by atoms with van der Waals surface area (Å²) in [5, 5.41) is 4.53. The Labute approximate surface area is 186 Å². The number of rotatable bonds is 7. The van der Waals surface area contributed by atoms with Gasteiger partial charge in [-0.1, -0.05) is 24.3 Å². The lowest BCUT2D eigenvalue weighted by molar-refractivity contribution is -0.274. The van der Waals surface area contributed by atoms with E-state index in [9.17, 15) is 22.8 Å². The number of thiophene rings is 1. The molecule has 0 saturated carbocycles. The van der Waals surface area contributed by atoms with Gasteiger partial charge >= 0.3 is 12.3 Å². The third-order valence-corrected chi connectivity index (χ3v) is 5.04. The smallest absolute Gasteiger partial charge is 0.463 e. The lowest BCUT2D eigenvalue weighted by Crippen LogP contribution is -2.16. The molecule has 1 N–H and O–H groups in total. The maximum absolute atomic E-state index is 12.5. The van der Waals surface area contributed by atoms with Gasteiger partial charge in [0.15, 0.2) is 0 Å². The number of ether oxygens (including phenoxy) is 2. The number of esters is 1. The number of halogens is 3. The van der Waals surface area contributed by atoms with Crippen molar-refractivity contribution in [1.29, 1.82) is 0 Å². The summed E-state index contributed by atoms with van der Waals surface area (Å²) >= 11 is 1.22. The number of anilines is 1. The highest BCUT2D eigenvalue weighted by Crippen LogP contribution is 2.29. The SMILES string of the molecule is CCOC(=O)/C=C/c1ccc(NC(=O)c2cc(-c3ccc(OC(F)(F)F)cc3)cs2)cc1. The van der Waals surface area contributed by atoms with Gasteiger partial charge in [0, 0.05) is 11.8 Å². The molecule has 3 rings (SSSR count). The predicted molar refractivity (Wildman–Crippen MR) is 117 cm³/mol. The monoisotopic (exact) mass is 461 g/mol. The molecular formula is C23H18F3NO4S. The summed E-state index contributed by atoms with van der Waals surface area (Å²) in [7, 11) is 0. The third-order valence-electron chi connectivity index (χ3n) is 4.11. The number of carbonyl (C=O) groups excluding carboxylic acids is 2. The van der Waals surface area contributed by atoms with Crippen LogP contribution in [0.1, 0.15) is 22.2 Å². The molecule has 3 aromatic rings. The molecule has 32 heavy (non-hydrogen) atoms. The van der Waals surface area contributed by atoms with E-state index in [1.165, 1.54) is 41.7 Å². The highest BCUT2D eigenvalue weighted by molar-refractivity contribution is 7.12. The topological polar surface area (TPSA) is 64.6 Å². The van der Waals surface area contributed by atoms with E-state index in [1.807, 2.05) is 0 Å². The molecule has 0 saturated heterocycles. The molecule has 0 spiro atoms. The molecule has 0 radical (unpaired) electrons. The van der Waals surface area contributed by atoms with Crippen molar-refractivity contribution in [3.8, 4) is 16.9 Å². The number of nitrogens with one attached hydrogen (secondary N) is 1. The first kappa shape index (κ1) is 23.1. The fourth-order valence-electron chi connectivity index (χ4n) is 2.68. The average molecular weight is 461 g/mol. The lowest BCUT2D eigenvalue weighted by Gasteiger charge is -2.08. The second-order valence-electron chi connectivity index (χ2n) is 6.43. The van der Waals surface area contributed by atoms with Gasteiger partial charge in [0.05, 0.1) is 11.5 Å². The van der Waals surface area contributed by atoms with Crippen LogP contribution in [0.15, 0.2) is 66.1 Å². The fraction of sp³-hybridized carbons (Fsp3) is 0.130. The zero-order valence-corrected chi connectivity index (χ0v) is 17.6. The van der Waals surface area contributed by atoms with E-state index in [2.05, 4.69) is 10.1 Å². The summed E-state index contributed by atoms with van der Waals surface area (Å²) in [4.78, 5) is 24.3. The minimum absolute atomic E-state index is 0.302. The van der Waals surface area contributed by atoms with E-state index in [0.29, 0.717) is 28.3 Å². The summed E-state index contributed by atoms with van der Waals surface area (Å²) in [6.45, 7) is 2.03. The highest BCUT2D eigenvalue weighted by Gasteiger charge is 2.31. The second-order valence-corrected chi connectivity index (χ2v) is 7.34. The van der Waals surface area contributed by atoms with Crippen LogP contribution in [-0.2, 0) is 9.53 Å². The molecule has 166 valence electrons. The first-order valence-electron chi connectivity index (χ1n) is 9.44. The maximum Gasteiger partial charge on any atom is 0.573 e. The van der Waals surface area contributed by atoms with Crippen LogP contribution in [0.5, 0.6) is 5.75 Å². The molecule has 0 atom stereocenters. The zero-order chi connectivity index (χ0) is 23.1. The maximum atomic E-state index is 12.5. The summed E-state index contributed by atoms with van der Waals surface area (Å²) in [5.74, 6) is -1.05. The first-order valence-corrected chi connectivity index (χ1v) is 10.3. The van der Waals surface area contributed by atoms with Crippen molar-refractivity contribution >= 4 is 35.0 Å². The Morgan fingerprint density at radius 3 is 2.34 bits per heavy atom. The minimum atomic E-state index is -4.75. The summed E-state index contributed by atoms with van der Waals surface area (Å²) in [6.07, 6.45) is -1.81. The van der Waals surface area contributed by atoms with Crippen molar-refractivity contribution in [3.63, 3.8) is 0 Å². The molecule has 5 nitrogen and oxygen atoms in total. The van der Waals surface area contributed by atoms with E-state index >= 15 is 0 Å². The number of carbonyl (C=O) groups is 2. The average Bonchev–Trinajstić information content (AvgIpc) is 3.23. The number of amides is 1. The van der Waals surface area contributed by atoms with E-state index in [4.69, 9.17) is 4.74 Å². The Morgan fingerprint density at radius 2 is 1.72 bits per heavy atom. The number of hydrogen-bond donors (Lipinski definition) is 1. The molecular weight excluding hydrogens is 443 g/mol. The van der Waals surface area contributed by atoms with Crippen LogP contribution in [0.2, 0.25) is 0 Å². The number of hydrogen-bond acceptors (Lipinski definition) is 5. The highest BCUT2D eigenvalue weighted by atomic mass is 32.1. The van der Waals surface area contributed by atoms with Crippen molar-refractivity contribution in [1.82, 2.24) is 0 Å². The van der Waals surface area contributed by atoms with Gasteiger partial charge in [-0.2, -0.15) is 0 Å². The molecule has 0 bridgehead atoms. The van der Waals surface area contributed by atoms with Crippen LogP contribution in [0.4, 0.5) is 18.9 Å². The van der Waals surface area contributed by atoms with Crippen LogP contribution in [0, 0.1) is 0 Å². The molecule has 1 heterocycles. The Morgan fingerprint density at radius 1 is 1.03 bits per heavy atom. The third kappa shape index (κ3) is 6.71. The van der Waals surface area contributed by atoms with Crippen LogP contribution in [0.25, 0.3) is 17.2 Å². The molecule has 9 heteroatoms. The van der Waals surface area contributed by atoms with E-state index in [0.717, 1.165) is 5.56 Å². The standard InChI is InChI=1S/C23H18F3NO4S/c1-2-30-21(28)12-5-15-3-8-18(9-4-15)27-22(29)20-13-17(14-32-20)16-6-10-19(11-7-16)31-23(24,25)26/h3-14H,2H2,1H3,(H,27,29)/b12-5+. The van der Waals surface area contributed by atoms with Gasteiger partial charge in [0.25, 0.3) is 5.91 Å². The zero-order valence-electron chi connectivity index (χ0n) is 16.8. The van der Waals surface area contributed by atoms with Crippen molar-refractivity contribution < 1.29 is 32.2 Å². The van der Waals surface area contributed by atoms with E-state index in [1.54, 1.807) is 48.7 Å². The molecule has 2 aromatic carbocycles. The molecule has 0 aliphatic carbocycles. The van der Waals surface area contributed by atoms with Crippen LogP contribution in [-0.4, -0.2) is 24.8 Å². The molecule has 0 aliphatic rings. The van der Waals surface area contributed by atoms with Gasteiger partial charge in [0.1, 0.15) is 5.75 Å². The number of benzene rings is 2. The first-order chi connectivity index (χ1) is 15.2. The van der Waals surface area contributed by atoms with Gasteiger partial charge in [-0.25, -0.2) is 4.79 Å². The largest absolute Gasteiger partial charge is 0.573 e. The second kappa shape index (κ2) is 10.1. The van der Waals surface area contributed by atoms with Crippen molar-refractivity contribution in [2.75, 3.05) is 11.9 Å². The van der Waals surface area contributed by atoms with E-state index in [-0.39, 0.29) is 11.7 Å². The molecule has 0 unspecified atom stereocenters. The molecule has 1 amide bonds. The lowest BCUT2D eigenvalue weighted by atomic mass is 10.1. The van der Waals surface area contributed by atoms with Gasteiger partial charge in [-0.3, -0.25) is 4.79 Å². The Hall–Kier alpha value is -3.59. The van der Waals surface area contributed by atoms with Crippen LogP contribution >= 0.6 is 11.3 Å². The molecule has 0 fully saturated rings. The van der Waals surface area contributed by atoms with Crippen LogP contribution < -0.4 is 10.1 Å². The normalized spacial score (nSPS) is 11.4. The van der Waals surface area contributed by atoms with Gasteiger partial charge < -0.3 is 14.8 Å². The van der Waals surface area contributed by atoms with E-state index < -0.39 is 12.3 Å². The van der Waals surface area contributed by atoms with Gasteiger partial charge in [-0.05, 0) is 65.4 Å². The minimum Gasteiger partial charge on any atom is -0.463 e. The van der Waals surface area contributed by atoms with Crippen molar-refractivity contribution in [2.45, 2.75) is 13.3 Å². The summed E-state index contributed by atoms with van der Waals surface area (Å²) in [6, 6.07) is 14.0. The predicted octanol–water partition coefficient (Wildman–Crippen LogP) is 6.14. The van der Waals surface area contributed by atoms with Gasteiger partial charge in [0.2, 0.25) is 0 Å². The molecule has 1 aromatic heterocycles. The van der Waals surface area contributed by atoms with Gasteiger partial charge in [-0.15, -0.1) is 24.5 Å². The fourth-order valence-corrected chi connectivity index (χ4v) is 3.49. The Kier molecular flexibility index (Phi) is 7.32. The summed E-state index contributed by atoms with van der Waals surface area (Å²) < 4.78 is 45.5. The Balaban J connectivity index is 1.61. The summed E-state index contributed by atoms with van der Waals surface area (Å²) in [5.41, 5.74) is 2.71.